The maximum atomic E-state index is 9.18. The number of rotatable bonds is 1. The second-order valence-corrected chi connectivity index (χ2v) is 2.92. The number of hydrogen-bond acceptors (Lipinski definition) is 3. The highest BCUT2D eigenvalue weighted by Crippen LogP contribution is 2.09. The van der Waals surface area contributed by atoms with Crippen molar-refractivity contribution in [1.29, 1.82) is 0 Å². The number of hydrogen-bond donors (Lipinski definition) is 2. The molecule has 1 rings (SSSR count). The van der Waals surface area contributed by atoms with Crippen LogP contribution in [0.5, 0.6) is 0 Å². The van der Waals surface area contributed by atoms with Crippen molar-refractivity contribution in [3.63, 3.8) is 0 Å². The summed E-state index contributed by atoms with van der Waals surface area (Å²) in [5, 5.41) is 18.3. The van der Waals surface area contributed by atoms with Crippen molar-refractivity contribution in [2.45, 2.75) is 25.8 Å². The van der Waals surface area contributed by atoms with E-state index in [-0.39, 0.29) is 6.10 Å². The first-order valence-corrected chi connectivity index (χ1v) is 3.80. The Bertz CT molecular complexity index is 110. The minimum absolute atomic E-state index is 0.233. The van der Waals surface area contributed by atoms with Crippen molar-refractivity contribution >= 4 is 7.05 Å². The fourth-order valence-electron chi connectivity index (χ4n) is 1.32. The van der Waals surface area contributed by atoms with Crippen LogP contribution in [0.25, 0.3) is 0 Å². The van der Waals surface area contributed by atoms with E-state index in [2.05, 4.69) is 0 Å². The predicted molar refractivity (Wildman–Crippen MR) is 40.7 cm³/mol. The Balaban J connectivity index is 2.32. The Morgan fingerprint density at radius 1 is 1.60 bits per heavy atom. The van der Waals surface area contributed by atoms with Gasteiger partial charge in [-0.25, -0.2) is 0 Å². The molecular weight excluding hydrogens is 129 g/mol. The van der Waals surface area contributed by atoms with Gasteiger partial charge in [-0.05, 0) is 26.2 Å². The van der Waals surface area contributed by atoms with Crippen molar-refractivity contribution in [2.75, 3.05) is 13.1 Å². The molecule has 1 atom stereocenters. The molecule has 0 aromatic heterocycles. The molecule has 1 unspecified atom stereocenters. The van der Waals surface area contributed by atoms with Crippen LogP contribution in [-0.4, -0.2) is 41.2 Å². The van der Waals surface area contributed by atoms with E-state index in [1.807, 2.05) is 4.81 Å². The molecule has 0 saturated carbocycles. The third kappa shape index (κ3) is 1.97. The van der Waals surface area contributed by atoms with Crippen LogP contribution in [0.4, 0.5) is 0 Å². The number of β-amino-alcohol motifs (C(OH)–C–C–N with tert-alkyl or cyclic N) is 1. The molecule has 0 spiro atoms. The van der Waals surface area contributed by atoms with E-state index in [0.717, 1.165) is 19.4 Å². The lowest BCUT2D eigenvalue weighted by Gasteiger charge is -2.30. The zero-order chi connectivity index (χ0) is 7.56. The first-order chi connectivity index (χ1) is 4.70. The molecule has 0 bridgehead atoms. The topological polar surface area (TPSA) is 43.7 Å². The molecule has 1 aliphatic rings. The summed E-state index contributed by atoms with van der Waals surface area (Å²) < 4.78 is 0. The number of piperidine rings is 1. The summed E-state index contributed by atoms with van der Waals surface area (Å²) in [5.74, 6) is 0. The molecule has 1 fully saturated rings. The molecule has 3 nitrogen and oxygen atoms in total. The zero-order valence-corrected chi connectivity index (χ0v) is 6.32. The van der Waals surface area contributed by atoms with Gasteiger partial charge in [0.2, 0.25) is 0 Å². The number of aliphatic hydroxyl groups is 1. The molecule has 0 aromatic rings. The van der Waals surface area contributed by atoms with Gasteiger partial charge in [-0.3, -0.25) is 0 Å². The lowest BCUT2D eigenvalue weighted by Crippen LogP contribution is -2.46. The third-order valence-corrected chi connectivity index (χ3v) is 1.96. The van der Waals surface area contributed by atoms with Crippen LogP contribution in [-0.2, 0) is 0 Å². The lowest BCUT2D eigenvalue weighted by molar-refractivity contribution is 0.100. The van der Waals surface area contributed by atoms with Gasteiger partial charge in [-0.1, -0.05) is 0 Å². The maximum Gasteiger partial charge on any atom is 0.376 e. The van der Waals surface area contributed by atoms with E-state index in [1.165, 1.54) is 0 Å². The average molecular weight is 143 g/mol. The Hall–Kier alpha value is -0.0551. The highest BCUT2D eigenvalue weighted by molar-refractivity contribution is 6.45. The van der Waals surface area contributed by atoms with E-state index in [1.54, 1.807) is 6.82 Å². The average Bonchev–Trinajstić information content (AvgIpc) is 1.88. The van der Waals surface area contributed by atoms with Gasteiger partial charge in [-0.15, -0.1) is 0 Å². The van der Waals surface area contributed by atoms with Crippen molar-refractivity contribution < 1.29 is 10.1 Å². The van der Waals surface area contributed by atoms with Gasteiger partial charge in [0.25, 0.3) is 0 Å². The molecule has 1 aliphatic heterocycles. The summed E-state index contributed by atoms with van der Waals surface area (Å²) in [4.78, 5) is 1.88. The lowest BCUT2D eigenvalue weighted by atomic mass is 9.82. The fraction of sp³-hybridized carbons (Fsp3) is 1.00. The van der Waals surface area contributed by atoms with Crippen LogP contribution < -0.4 is 0 Å². The molecule has 10 heavy (non-hydrogen) atoms. The normalized spacial score (nSPS) is 28.5. The van der Waals surface area contributed by atoms with Crippen LogP contribution in [0.3, 0.4) is 0 Å². The van der Waals surface area contributed by atoms with E-state index >= 15 is 0 Å². The minimum Gasteiger partial charge on any atom is -0.437 e. The standard InChI is InChI=1S/C6H14BNO2/c1-7(10)8-4-2-3-6(9)5-8/h6,9-10H,2-5H2,1H3. The molecule has 0 aliphatic carbocycles. The highest BCUT2D eigenvalue weighted by Gasteiger charge is 2.22. The quantitative estimate of drug-likeness (QED) is 0.488. The summed E-state index contributed by atoms with van der Waals surface area (Å²) in [7, 11) is -0.407. The Morgan fingerprint density at radius 2 is 2.30 bits per heavy atom. The van der Waals surface area contributed by atoms with Crippen LogP contribution in [0.1, 0.15) is 12.8 Å². The van der Waals surface area contributed by atoms with Crippen LogP contribution in [0.2, 0.25) is 6.82 Å². The van der Waals surface area contributed by atoms with Crippen LogP contribution in [0, 0.1) is 0 Å². The minimum atomic E-state index is -0.407. The monoisotopic (exact) mass is 143 g/mol. The number of nitrogens with zero attached hydrogens (tertiary/aromatic N) is 1. The molecule has 4 heteroatoms. The Labute approximate surface area is 61.8 Å². The molecule has 2 N–H and O–H groups in total. The summed E-state index contributed by atoms with van der Waals surface area (Å²) in [6.45, 7) is 3.27. The summed E-state index contributed by atoms with van der Waals surface area (Å²) in [6.07, 6.45) is 1.64. The molecule has 0 radical (unpaired) electrons. The predicted octanol–water partition coefficient (Wildman–Crippen LogP) is -0.447. The van der Waals surface area contributed by atoms with Crippen molar-refractivity contribution in [3.8, 4) is 0 Å². The second-order valence-electron chi connectivity index (χ2n) is 2.92. The van der Waals surface area contributed by atoms with E-state index in [9.17, 15) is 5.11 Å². The van der Waals surface area contributed by atoms with E-state index in [0.29, 0.717) is 6.54 Å². The molecule has 1 heterocycles. The molecule has 0 aromatic carbocycles. The maximum absolute atomic E-state index is 9.18. The van der Waals surface area contributed by atoms with Gasteiger partial charge >= 0.3 is 7.05 Å². The first-order valence-electron chi connectivity index (χ1n) is 3.80. The SMILES string of the molecule is CB(O)N1CCCC(O)C1. The van der Waals surface area contributed by atoms with Gasteiger partial charge in [0.15, 0.2) is 0 Å². The highest BCUT2D eigenvalue weighted by atomic mass is 16.3. The summed E-state index contributed by atoms with van der Waals surface area (Å²) in [6, 6.07) is 0. The Morgan fingerprint density at radius 3 is 2.70 bits per heavy atom. The first kappa shape index (κ1) is 8.05. The van der Waals surface area contributed by atoms with Gasteiger partial charge in [0.1, 0.15) is 0 Å². The smallest absolute Gasteiger partial charge is 0.376 e. The van der Waals surface area contributed by atoms with Gasteiger partial charge < -0.3 is 14.9 Å². The van der Waals surface area contributed by atoms with Crippen LogP contribution >= 0.6 is 0 Å². The third-order valence-electron chi connectivity index (χ3n) is 1.96. The van der Waals surface area contributed by atoms with Gasteiger partial charge in [-0.2, -0.15) is 0 Å². The molecule has 1 saturated heterocycles. The van der Waals surface area contributed by atoms with Crippen molar-refractivity contribution in [2.24, 2.45) is 0 Å². The Kier molecular flexibility index (Phi) is 2.71. The molecule has 0 amide bonds. The van der Waals surface area contributed by atoms with Gasteiger partial charge in [0.05, 0.1) is 6.10 Å². The van der Waals surface area contributed by atoms with Crippen molar-refractivity contribution in [3.05, 3.63) is 0 Å². The van der Waals surface area contributed by atoms with Crippen molar-refractivity contribution in [1.82, 2.24) is 4.81 Å². The summed E-state index contributed by atoms with van der Waals surface area (Å²) in [5.41, 5.74) is 0. The zero-order valence-electron chi connectivity index (χ0n) is 6.32. The second kappa shape index (κ2) is 3.37. The van der Waals surface area contributed by atoms with Crippen LogP contribution in [0.15, 0.2) is 0 Å². The fourth-order valence-corrected chi connectivity index (χ4v) is 1.32. The largest absolute Gasteiger partial charge is 0.437 e. The molecular formula is C6H14BNO2. The van der Waals surface area contributed by atoms with E-state index in [4.69, 9.17) is 5.02 Å². The summed E-state index contributed by atoms with van der Waals surface area (Å²) >= 11 is 0. The van der Waals surface area contributed by atoms with E-state index < -0.39 is 7.05 Å². The number of aliphatic hydroxyl groups excluding tert-OH is 1. The molecule has 58 valence electrons. The van der Waals surface area contributed by atoms with Gasteiger partial charge in [0, 0.05) is 6.54 Å².